The Morgan fingerprint density at radius 3 is 2.71 bits per heavy atom. The van der Waals surface area contributed by atoms with E-state index >= 15 is 0 Å². The summed E-state index contributed by atoms with van der Waals surface area (Å²) in [7, 11) is 0. The van der Waals surface area contributed by atoms with Gasteiger partial charge in [-0.1, -0.05) is 30.3 Å². The average Bonchev–Trinajstić information content (AvgIpc) is 3.50. The smallest absolute Gasteiger partial charge is 0.246 e. The molecule has 4 aromatic rings. The number of nitrogens with zero attached hydrogens (tertiary/aromatic N) is 4. The number of nitrogens with one attached hydrogen (secondary N) is 1. The molecule has 0 aliphatic carbocycles. The van der Waals surface area contributed by atoms with Gasteiger partial charge in [-0.25, -0.2) is 9.97 Å². The number of aromatic amines is 1. The van der Waals surface area contributed by atoms with Gasteiger partial charge in [-0.2, -0.15) is 0 Å². The number of rotatable bonds is 5. The van der Waals surface area contributed by atoms with Crippen LogP contribution in [0.3, 0.4) is 0 Å². The van der Waals surface area contributed by atoms with Crippen LogP contribution in [0.2, 0.25) is 0 Å². The van der Waals surface area contributed by atoms with E-state index in [1.807, 2.05) is 64.9 Å². The Balaban J connectivity index is 1.27. The van der Waals surface area contributed by atoms with Crippen LogP contribution < -0.4 is 4.90 Å². The number of amides is 2. The first-order valence-corrected chi connectivity index (χ1v) is 12.2. The molecule has 8 heteroatoms. The standard InChI is InChI=1S/C26H25N5O2S/c1-18(32)31(21-9-3-2-4-10-21)26-27-20(17-34-26)13-14-24(33)30-15-7-8-19(16-30)25-28-22-11-5-6-12-23(22)29-25/h2-6,9-14,17,19H,7-8,15-16H2,1H3,(H,28,29)/b14-13+. The lowest BCUT2D eigenvalue weighted by atomic mass is 9.97. The maximum absolute atomic E-state index is 12.9. The molecular formula is C26H25N5O2S. The van der Waals surface area contributed by atoms with Crippen molar-refractivity contribution in [1.82, 2.24) is 19.9 Å². The third kappa shape index (κ3) is 4.63. The van der Waals surface area contributed by atoms with E-state index in [4.69, 9.17) is 4.98 Å². The van der Waals surface area contributed by atoms with E-state index in [0.29, 0.717) is 17.4 Å². The molecule has 1 atom stereocenters. The number of anilines is 2. The Morgan fingerprint density at radius 1 is 1.12 bits per heavy atom. The Morgan fingerprint density at radius 2 is 1.91 bits per heavy atom. The fourth-order valence-electron chi connectivity index (χ4n) is 4.29. The average molecular weight is 472 g/mol. The molecule has 1 saturated heterocycles. The number of hydrogen-bond acceptors (Lipinski definition) is 5. The van der Waals surface area contributed by atoms with E-state index in [2.05, 4.69) is 9.97 Å². The van der Waals surface area contributed by atoms with Gasteiger partial charge in [0, 0.05) is 37.4 Å². The Bertz CT molecular complexity index is 1310. The first-order valence-electron chi connectivity index (χ1n) is 11.3. The normalized spacial score (nSPS) is 16.3. The minimum Gasteiger partial charge on any atom is -0.342 e. The summed E-state index contributed by atoms with van der Waals surface area (Å²) in [5, 5.41) is 2.43. The number of benzene rings is 2. The zero-order valence-corrected chi connectivity index (χ0v) is 19.7. The van der Waals surface area contributed by atoms with Crippen LogP contribution in [0, 0.1) is 0 Å². The van der Waals surface area contributed by atoms with Gasteiger partial charge in [0.1, 0.15) is 5.82 Å². The lowest BCUT2D eigenvalue weighted by Gasteiger charge is -2.31. The van der Waals surface area contributed by atoms with E-state index in [9.17, 15) is 9.59 Å². The second-order valence-electron chi connectivity index (χ2n) is 8.34. The molecule has 0 radical (unpaired) electrons. The molecule has 2 amide bonds. The van der Waals surface area contributed by atoms with Gasteiger partial charge in [0.15, 0.2) is 5.13 Å². The molecule has 1 aliphatic rings. The number of likely N-dealkylation sites (tertiary alicyclic amines) is 1. The highest BCUT2D eigenvalue weighted by atomic mass is 32.1. The number of H-pyrrole nitrogens is 1. The highest BCUT2D eigenvalue weighted by molar-refractivity contribution is 7.14. The van der Waals surface area contributed by atoms with Crippen molar-refractivity contribution in [3.63, 3.8) is 0 Å². The van der Waals surface area contributed by atoms with Crippen LogP contribution >= 0.6 is 11.3 Å². The lowest BCUT2D eigenvalue weighted by molar-refractivity contribution is -0.127. The van der Waals surface area contributed by atoms with Crippen molar-refractivity contribution in [3.05, 3.63) is 77.6 Å². The maximum atomic E-state index is 12.9. The van der Waals surface area contributed by atoms with Crippen LogP contribution in [0.4, 0.5) is 10.8 Å². The Labute approximate surface area is 201 Å². The van der Waals surface area contributed by atoms with Crippen LogP contribution in [0.15, 0.2) is 66.1 Å². The Kier molecular flexibility index (Phi) is 6.22. The van der Waals surface area contributed by atoms with E-state index < -0.39 is 0 Å². The SMILES string of the molecule is CC(=O)N(c1ccccc1)c1nc(/C=C/C(=O)N2CCCC(c3nc4ccccc4[nH]3)C2)cs1. The quantitative estimate of drug-likeness (QED) is 0.410. The van der Waals surface area contributed by atoms with Gasteiger partial charge in [0.05, 0.1) is 22.4 Å². The highest BCUT2D eigenvalue weighted by Crippen LogP contribution is 2.30. The van der Waals surface area contributed by atoms with E-state index in [-0.39, 0.29) is 17.7 Å². The first kappa shape index (κ1) is 22.0. The van der Waals surface area contributed by atoms with Crippen molar-refractivity contribution >= 4 is 51.1 Å². The topological polar surface area (TPSA) is 82.2 Å². The van der Waals surface area contributed by atoms with Crippen LogP contribution in [-0.4, -0.2) is 44.8 Å². The zero-order chi connectivity index (χ0) is 23.5. The predicted molar refractivity (Wildman–Crippen MR) is 135 cm³/mol. The van der Waals surface area contributed by atoms with Crippen molar-refractivity contribution in [2.24, 2.45) is 0 Å². The number of thiazole rings is 1. The highest BCUT2D eigenvalue weighted by Gasteiger charge is 2.26. The molecule has 2 aromatic heterocycles. The molecular weight excluding hydrogens is 446 g/mol. The second-order valence-corrected chi connectivity index (χ2v) is 9.18. The fourth-order valence-corrected chi connectivity index (χ4v) is 5.14. The summed E-state index contributed by atoms with van der Waals surface area (Å²) in [5.74, 6) is 0.982. The van der Waals surface area contributed by atoms with Crippen LogP contribution in [0.5, 0.6) is 0 Å². The Hall–Kier alpha value is -3.78. The summed E-state index contributed by atoms with van der Waals surface area (Å²) < 4.78 is 0. The van der Waals surface area contributed by atoms with E-state index in [0.717, 1.165) is 41.9 Å². The van der Waals surface area contributed by atoms with Crippen molar-refractivity contribution < 1.29 is 9.59 Å². The molecule has 5 rings (SSSR count). The van der Waals surface area contributed by atoms with Gasteiger partial charge in [-0.05, 0) is 43.2 Å². The number of aromatic nitrogens is 3. The maximum Gasteiger partial charge on any atom is 0.246 e. The number of para-hydroxylation sites is 3. The molecule has 0 saturated carbocycles. The molecule has 172 valence electrons. The molecule has 1 fully saturated rings. The summed E-state index contributed by atoms with van der Waals surface area (Å²) in [6.07, 6.45) is 5.23. The van der Waals surface area contributed by atoms with Gasteiger partial charge >= 0.3 is 0 Å². The number of piperidine rings is 1. The first-order chi connectivity index (χ1) is 16.6. The van der Waals surface area contributed by atoms with Crippen LogP contribution in [0.1, 0.15) is 37.2 Å². The molecule has 1 N–H and O–H groups in total. The fraction of sp³-hybridized carbons (Fsp3) is 0.231. The lowest BCUT2D eigenvalue weighted by Crippen LogP contribution is -2.38. The van der Waals surface area contributed by atoms with E-state index in [1.54, 1.807) is 17.1 Å². The minimum absolute atomic E-state index is 0.0400. The summed E-state index contributed by atoms with van der Waals surface area (Å²) >= 11 is 1.37. The number of carbonyl (C=O) groups is 2. The minimum atomic E-state index is -0.114. The summed E-state index contributed by atoms with van der Waals surface area (Å²) in [4.78, 5) is 41.3. The predicted octanol–water partition coefficient (Wildman–Crippen LogP) is 5.12. The number of hydrogen-bond donors (Lipinski definition) is 1. The summed E-state index contributed by atoms with van der Waals surface area (Å²) in [6, 6.07) is 17.4. The molecule has 7 nitrogen and oxygen atoms in total. The number of carbonyl (C=O) groups excluding carboxylic acids is 2. The van der Waals surface area contributed by atoms with Crippen molar-refractivity contribution in [2.45, 2.75) is 25.7 Å². The molecule has 0 bridgehead atoms. The number of fused-ring (bicyclic) bond motifs is 1. The zero-order valence-electron chi connectivity index (χ0n) is 18.8. The summed E-state index contributed by atoms with van der Waals surface area (Å²) in [5.41, 5.74) is 3.40. The van der Waals surface area contributed by atoms with Gasteiger partial charge < -0.3 is 9.88 Å². The third-order valence-electron chi connectivity index (χ3n) is 5.95. The molecule has 1 aliphatic heterocycles. The molecule has 34 heavy (non-hydrogen) atoms. The van der Waals surface area contributed by atoms with Crippen LogP contribution in [0.25, 0.3) is 17.1 Å². The van der Waals surface area contributed by atoms with E-state index in [1.165, 1.54) is 18.3 Å². The summed E-state index contributed by atoms with van der Waals surface area (Å²) in [6.45, 7) is 2.88. The largest absolute Gasteiger partial charge is 0.342 e. The monoisotopic (exact) mass is 471 g/mol. The van der Waals surface area contributed by atoms with Gasteiger partial charge in [0.25, 0.3) is 0 Å². The van der Waals surface area contributed by atoms with Gasteiger partial charge in [-0.15, -0.1) is 11.3 Å². The molecule has 1 unspecified atom stereocenters. The molecule has 0 spiro atoms. The molecule has 2 aromatic carbocycles. The third-order valence-corrected chi connectivity index (χ3v) is 6.80. The van der Waals surface area contributed by atoms with Crippen molar-refractivity contribution in [3.8, 4) is 0 Å². The van der Waals surface area contributed by atoms with Gasteiger partial charge in [-0.3, -0.25) is 14.5 Å². The van der Waals surface area contributed by atoms with Crippen molar-refractivity contribution in [1.29, 1.82) is 0 Å². The molecule has 3 heterocycles. The number of imidazole rings is 1. The van der Waals surface area contributed by atoms with Crippen LogP contribution in [-0.2, 0) is 9.59 Å². The van der Waals surface area contributed by atoms with Gasteiger partial charge in [0.2, 0.25) is 11.8 Å². The van der Waals surface area contributed by atoms with Crippen molar-refractivity contribution in [2.75, 3.05) is 18.0 Å². The second kappa shape index (κ2) is 9.61.